The second kappa shape index (κ2) is 14.9. The zero-order chi connectivity index (χ0) is 32.8. The number of nitrogens with zero attached hydrogens (tertiary/aromatic N) is 1. The minimum Gasteiger partial charge on any atom is -0.326 e. The SMILES string of the molecule is CCCCC(C)(C)CC(C)(C)C[N+](C)(C)CCOP(=O)(O)OCC(CC(C)(C)CC(C)(C)C)C(C)(C)CC(C)(C)C. The first-order chi connectivity index (χ1) is 17.9. The topological polar surface area (TPSA) is 55.8 Å². The van der Waals surface area contributed by atoms with E-state index in [1.807, 2.05) is 0 Å². The number of quaternary nitrogens is 1. The molecule has 0 rings (SSSR count). The first-order valence-electron chi connectivity index (χ1n) is 16.3. The lowest BCUT2D eigenvalue weighted by atomic mass is 9.63. The Hall–Kier alpha value is 0.0700. The summed E-state index contributed by atoms with van der Waals surface area (Å²) in [6.07, 6.45) is 7.91. The monoisotopic (exact) mass is 605 g/mol. The highest BCUT2D eigenvalue weighted by Gasteiger charge is 2.40. The highest BCUT2D eigenvalue weighted by Crippen LogP contribution is 2.50. The molecule has 0 saturated heterocycles. The molecule has 1 N–H and O–H groups in total. The van der Waals surface area contributed by atoms with Gasteiger partial charge in [0, 0.05) is 5.41 Å². The molecule has 0 aliphatic carbocycles. The van der Waals surface area contributed by atoms with Crippen LogP contribution in [0.3, 0.4) is 0 Å². The number of likely N-dealkylation sites (N-methyl/N-ethyl adjacent to an activating group) is 1. The molecule has 0 spiro atoms. The fraction of sp³-hybridized carbons (Fsp3) is 1.00. The van der Waals surface area contributed by atoms with Crippen molar-refractivity contribution < 1.29 is 23.0 Å². The average molecular weight is 605 g/mol. The van der Waals surface area contributed by atoms with Gasteiger partial charge in [0.1, 0.15) is 13.2 Å². The standard InChI is InChI=1S/C35H74NO4P/c1-18-19-20-32(8,9)27-34(12,13)28-36(16,17)21-22-39-41(37,38)40-24-29(35(14,15)26-31(5,6)7)23-33(10,11)25-30(2,3)4/h29H,18-28H2,1-17H3/p+1. The van der Waals surface area contributed by atoms with E-state index in [2.05, 4.69) is 118 Å². The number of phosphoric acid groups is 1. The molecule has 0 bridgehead atoms. The molecule has 0 aliphatic rings. The molecule has 248 valence electrons. The van der Waals surface area contributed by atoms with Crippen LogP contribution in [0.5, 0.6) is 0 Å². The summed E-state index contributed by atoms with van der Waals surface area (Å²) in [4.78, 5) is 10.7. The van der Waals surface area contributed by atoms with Crippen molar-refractivity contribution in [1.82, 2.24) is 0 Å². The van der Waals surface area contributed by atoms with E-state index in [1.54, 1.807) is 0 Å². The van der Waals surface area contributed by atoms with Crippen molar-refractivity contribution >= 4 is 7.82 Å². The fourth-order valence-electron chi connectivity index (χ4n) is 8.20. The smallest absolute Gasteiger partial charge is 0.326 e. The number of hydrogen-bond donors (Lipinski definition) is 1. The minimum absolute atomic E-state index is 0.0528. The van der Waals surface area contributed by atoms with Crippen LogP contribution < -0.4 is 0 Å². The van der Waals surface area contributed by atoms with Crippen molar-refractivity contribution in [3.8, 4) is 0 Å². The Bertz CT molecular complexity index is 815. The first-order valence-corrected chi connectivity index (χ1v) is 17.8. The van der Waals surface area contributed by atoms with Crippen molar-refractivity contribution in [2.24, 2.45) is 38.4 Å². The molecule has 0 aromatic rings. The van der Waals surface area contributed by atoms with Crippen molar-refractivity contribution in [3.63, 3.8) is 0 Å². The Morgan fingerprint density at radius 1 is 0.732 bits per heavy atom. The average Bonchev–Trinajstić information content (AvgIpc) is 2.63. The van der Waals surface area contributed by atoms with Gasteiger partial charge in [0.25, 0.3) is 0 Å². The van der Waals surface area contributed by atoms with Crippen LogP contribution in [0.4, 0.5) is 0 Å². The molecule has 0 aromatic carbocycles. The third-order valence-electron chi connectivity index (χ3n) is 8.31. The van der Waals surface area contributed by atoms with E-state index < -0.39 is 7.82 Å². The Kier molecular flexibility index (Phi) is 14.9. The maximum absolute atomic E-state index is 13.1. The predicted molar refractivity (Wildman–Crippen MR) is 179 cm³/mol. The van der Waals surface area contributed by atoms with Gasteiger partial charge in [-0.15, -0.1) is 0 Å². The number of unbranched alkanes of at least 4 members (excludes halogenated alkanes) is 1. The molecular weight excluding hydrogens is 529 g/mol. The van der Waals surface area contributed by atoms with E-state index in [4.69, 9.17) is 9.05 Å². The second-order valence-corrected chi connectivity index (χ2v) is 21.0. The van der Waals surface area contributed by atoms with Gasteiger partial charge in [0.15, 0.2) is 0 Å². The quantitative estimate of drug-likeness (QED) is 0.118. The van der Waals surface area contributed by atoms with Gasteiger partial charge in [-0.25, -0.2) is 4.57 Å². The van der Waals surface area contributed by atoms with Crippen molar-refractivity contribution in [2.45, 2.75) is 149 Å². The van der Waals surface area contributed by atoms with Crippen molar-refractivity contribution in [2.75, 3.05) is 40.4 Å². The molecule has 2 atom stereocenters. The van der Waals surface area contributed by atoms with Crippen molar-refractivity contribution in [3.05, 3.63) is 0 Å². The van der Waals surface area contributed by atoms with Crippen LogP contribution in [0.2, 0.25) is 0 Å². The summed E-state index contributed by atoms with van der Waals surface area (Å²) < 4.78 is 25.2. The lowest BCUT2D eigenvalue weighted by Gasteiger charge is -2.44. The van der Waals surface area contributed by atoms with Gasteiger partial charge in [-0.05, 0) is 65.1 Å². The highest BCUT2D eigenvalue weighted by molar-refractivity contribution is 7.47. The van der Waals surface area contributed by atoms with E-state index in [1.165, 1.54) is 19.3 Å². The molecule has 5 nitrogen and oxygen atoms in total. The molecule has 0 saturated carbocycles. The summed E-state index contributed by atoms with van der Waals surface area (Å²) >= 11 is 0. The maximum atomic E-state index is 13.1. The molecule has 0 aromatic heterocycles. The maximum Gasteiger partial charge on any atom is 0.472 e. The largest absolute Gasteiger partial charge is 0.472 e. The van der Waals surface area contributed by atoms with Gasteiger partial charge < -0.3 is 9.38 Å². The Morgan fingerprint density at radius 3 is 1.71 bits per heavy atom. The van der Waals surface area contributed by atoms with Crippen LogP contribution in [-0.2, 0) is 13.6 Å². The molecule has 0 heterocycles. The Balaban J connectivity index is 5.35. The van der Waals surface area contributed by atoms with Gasteiger partial charge in [-0.1, -0.05) is 117 Å². The summed E-state index contributed by atoms with van der Waals surface area (Å²) in [5, 5.41) is 0. The van der Waals surface area contributed by atoms with Crippen LogP contribution in [0.15, 0.2) is 0 Å². The van der Waals surface area contributed by atoms with Gasteiger partial charge in [0.2, 0.25) is 0 Å². The lowest BCUT2D eigenvalue weighted by molar-refractivity contribution is -0.896. The Labute approximate surface area is 258 Å². The fourth-order valence-corrected chi connectivity index (χ4v) is 8.96. The van der Waals surface area contributed by atoms with E-state index in [9.17, 15) is 9.46 Å². The normalized spacial score (nSPS) is 17.0. The van der Waals surface area contributed by atoms with Gasteiger partial charge >= 0.3 is 7.82 Å². The molecule has 2 unspecified atom stereocenters. The molecule has 0 aliphatic heterocycles. The Morgan fingerprint density at radius 2 is 1.24 bits per heavy atom. The van der Waals surface area contributed by atoms with Gasteiger partial charge in [0.05, 0.1) is 27.2 Å². The summed E-state index contributed by atoms with van der Waals surface area (Å²) in [6, 6.07) is 0. The molecule has 6 heteroatoms. The molecular formula is C35H75NO4P+. The minimum atomic E-state index is -4.17. The predicted octanol–water partition coefficient (Wildman–Crippen LogP) is 10.8. The summed E-state index contributed by atoms with van der Waals surface area (Å²) in [7, 11) is 0.213. The van der Waals surface area contributed by atoms with Gasteiger partial charge in [-0.3, -0.25) is 9.05 Å². The third-order valence-corrected chi connectivity index (χ3v) is 9.29. The first kappa shape index (κ1) is 41.1. The second-order valence-electron chi connectivity index (χ2n) is 19.6. The molecule has 41 heavy (non-hydrogen) atoms. The zero-order valence-corrected chi connectivity index (χ0v) is 31.8. The van der Waals surface area contributed by atoms with Crippen LogP contribution >= 0.6 is 7.82 Å². The van der Waals surface area contributed by atoms with Crippen molar-refractivity contribution in [1.29, 1.82) is 0 Å². The number of phosphoric ester groups is 1. The summed E-state index contributed by atoms with van der Waals surface area (Å²) in [5.41, 5.74) is 0.861. The lowest BCUT2D eigenvalue weighted by Crippen LogP contribution is -2.49. The number of rotatable bonds is 19. The van der Waals surface area contributed by atoms with Crippen LogP contribution in [-0.4, -0.2) is 49.8 Å². The molecule has 0 amide bonds. The van der Waals surface area contributed by atoms with Crippen LogP contribution in [0, 0.1) is 38.4 Å². The van der Waals surface area contributed by atoms with Crippen LogP contribution in [0.25, 0.3) is 0 Å². The highest BCUT2D eigenvalue weighted by atomic mass is 31.2. The van der Waals surface area contributed by atoms with E-state index in [0.717, 1.165) is 36.7 Å². The van der Waals surface area contributed by atoms with E-state index in [-0.39, 0.29) is 46.2 Å². The van der Waals surface area contributed by atoms with Crippen LogP contribution in [0.1, 0.15) is 149 Å². The van der Waals surface area contributed by atoms with E-state index >= 15 is 0 Å². The van der Waals surface area contributed by atoms with Gasteiger partial charge in [-0.2, -0.15) is 0 Å². The number of hydrogen-bond acceptors (Lipinski definition) is 3. The van der Waals surface area contributed by atoms with E-state index in [0.29, 0.717) is 12.0 Å². The molecule has 0 radical (unpaired) electrons. The third kappa shape index (κ3) is 19.9. The summed E-state index contributed by atoms with van der Waals surface area (Å²) in [5.74, 6) is 0.132. The summed E-state index contributed by atoms with van der Waals surface area (Å²) in [6.45, 7) is 36.6. The molecule has 0 fully saturated rings. The zero-order valence-electron chi connectivity index (χ0n) is 30.9.